The molecule has 3 aromatic rings. The Kier molecular flexibility index (Phi) is 4.66. The quantitative estimate of drug-likeness (QED) is 0.667. The number of hydrogen-bond acceptors (Lipinski definition) is 5. The van der Waals surface area contributed by atoms with Crippen molar-refractivity contribution in [3.63, 3.8) is 0 Å². The van der Waals surface area contributed by atoms with Crippen LogP contribution in [-0.2, 0) is 17.8 Å². The van der Waals surface area contributed by atoms with Gasteiger partial charge in [0, 0.05) is 37.0 Å². The van der Waals surface area contributed by atoms with Gasteiger partial charge in [-0.05, 0) is 49.8 Å². The molecule has 1 aliphatic carbocycles. The SMILES string of the molecule is O=C(Cc1noc2ccccc12)N1CCC(Cn2nc(C3CC3)ccc2=O)CC1. The Bertz CT molecular complexity index is 1090. The highest BCUT2D eigenvalue weighted by molar-refractivity contribution is 5.86. The fourth-order valence-corrected chi connectivity index (χ4v) is 4.12. The van der Waals surface area contributed by atoms with Gasteiger partial charge in [-0.25, -0.2) is 4.68 Å². The number of carbonyl (C=O) groups is 1. The third-order valence-electron chi connectivity index (χ3n) is 6.05. The number of fused-ring (bicyclic) bond motifs is 1. The van der Waals surface area contributed by atoms with Crippen molar-refractivity contribution in [3.05, 3.63) is 58.1 Å². The Labute approximate surface area is 168 Å². The minimum atomic E-state index is -0.0363. The lowest BCUT2D eigenvalue weighted by Crippen LogP contribution is -2.41. The predicted octanol–water partition coefficient (Wildman–Crippen LogP) is 2.74. The van der Waals surface area contributed by atoms with Gasteiger partial charge in [-0.1, -0.05) is 17.3 Å². The van der Waals surface area contributed by atoms with Crippen molar-refractivity contribution >= 4 is 16.9 Å². The Morgan fingerprint density at radius 3 is 2.66 bits per heavy atom. The van der Waals surface area contributed by atoms with Crippen molar-refractivity contribution in [1.29, 1.82) is 0 Å². The highest BCUT2D eigenvalue weighted by Crippen LogP contribution is 2.38. The van der Waals surface area contributed by atoms with Crippen LogP contribution in [0.4, 0.5) is 0 Å². The molecule has 3 heterocycles. The van der Waals surface area contributed by atoms with E-state index in [2.05, 4.69) is 10.3 Å². The van der Waals surface area contributed by atoms with E-state index in [1.165, 1.54) is 12.8 Å². The molecular weight excluding hydrogens is 368 g/mol. The number of benzene rings is 1. The van der Waals surface area contributed by atoms with Crippen LogP contribution in [0.15, 0.2) is 45.7 Å². The van der Waals surface area contributed by atoms with Gasteiger partial charge in [0.05, 0.1) is 12.1 Å². The van der Waals surface area contributed by atoms with E-state index in [4.69, 9.17) is 4.52 Å². The average molecular weight is 392 g/mol. The maximum absolute atomic E-state index is 12.7. The lowest BCUT2D eigenvalue weighted by Gasteiger charge is -2.32. The van der Waals surface area contributed by atoms with Gasteiger partial charge >= 0.3 is 0 Å². The zero-order valence-electron chi connectivity index (χ0n) is 16.3. The van der Waals surface area contributed by atoms with Crippen LogP contribution in [-0.4, -0.2) is 38.8 Å². The first kappa shape index (κ1) is 18.1. The second-order valence-corrected chi connectivity index (χ2v) is 8.18. The molecule has 1 saturated heterocycles. The Morgan fingerprint density at radius 2 is 1.86 bits per heavy atom. The van der Waals surface area contributed by atoms with Crippen molar-refractivity contribution in [3.8, 4) is 0 Å². The third-order valence-corrected chi connectivity index (χ3v) is 6.05. The molecule has 0 radical (unpaired) electrons. The molecule has 7 heteroatoms. The number of nitrogens with zero attached hydrogens (tertiary/aromatic N) is 4. The monoisotopic (exact) mass is 392 g/mol. The second-order valence-electron chi connectivity index (χ2n) is 8.18. The first-order valence-corrected chi connectivity index (χ1v) is 10.4. The summed E-state index contributed by atoms with van der Waals surface area (Å²) in [6, 6.07) is 11.1. The maximum Gasteiger partial charge on any atom is 0.266 e. The first-order chi connectivity index (χ1) is 14.2. The second kappa shape index (κ2) is 7.46. The maximum atomic E-state index is 12.7. The van der Waals surface area contributed by atoms with Gasteiger partial charge in [0.2, 0.25) is 5.91 Å². The molecule has 2 aliphatic rings. The minimum Gasteiger partial charge on any atom is -0.356 e. The summed E-state index contributed by atoms with van der Waals surface area (Å²) in [5.41, 5.74) is 2.41. The highest BCUT2D eigenvalue weighted by atomic mass is 16.5. The fraction of sp³-hybridized carbons (Fsp3) is 0.455. The summed E-state index contributed by atoms with van der Waals surface area (Å²) < 4.78 is 6.93. The summed E-state index contributed by atoms with van der Waals surface area (Å²) in [5, 5.41) is 9.54. The molecular formula is C22H24N4O3. The van der Waals surface area contributed by atoms with Crippen LogP contribution in [0.25, 0.3) is 11.0 Å². The van der Waals surface area contributed by atoms with Gasteiger partial charge in [0.25, 0.3) is 5.56 Å². The predicted molar refractivity (Wildman–Crippen MR) is 107 cm³/mol. The van der Waals surface area contributed by atoms with E-state index in [-0.39, 0.29) is 17.9 Å². The van der Waals surface area contributed by atoms with Crippen molar-refractivity contribution in [2.75, 3.05) is 13.1 Å². The molecule has 1 saturated carbocycles. The number of rotatable bonds is 5. The lowest BCUT2D eigenvalue weighted by atomic mass is 9.96. The average Bonchev–Trinajstić information content (AvgIpc) is 3.52. The van der Waals surface area contributed by atoms with Crippen LogP contribution >= 0.6 is 0 Å². The molecule has 2 aromatic heterocycles. The standard InChI is InChI=1S/C22H24N4O3/c27-21-8-7-18(16-5-6-16)23-26(21)14-15-9-11-25(12-10-15)22(28)13-19-17-3-1-2-4-20(17)29-24-19/h1-4,7-8,15-16H,5-6,9-14H2. The van der Waals surface area contributed by atoms with Crippen molar-refractivity contribution in [2.45, 2.75) is 44.6 Å². The van der Waals surface area contributed by atoms with Gasteiger partial charge in [0.15, 0.2) is 5.58 Å². The summed E-state index contributed by atoms with van der Waals surface area (Å²) >= 11 is 0. The van der Waals surface area contributed by atoms with Crippen LogP contribution in [0.3, 0.4) is 0 Å². The third kappa shape index (κ3) is 3.81. The van der Waals surface area contributed by atoms with Gasteiger partial charge < -0.3 is 9.42 Å². The fourth-order valence-electron chi connectivity index (χ4n) is 4.12. The number of hydrogen-bond donors (Lipinski definition) is 0. The molecule has 0 spiro atoms. The number of amides is 1. The van der Waals surface area contributed by atoms with E-state index < -0.39 is 0 Å². The highest BCUT2D eigenvalue weighted by Gasteiger charge is 2.27. The normalized spacial score (nSPS) is 17.7. The molecule has 7 nitrogen and oxygen atoms in total. The van der Waals surface area contributed by atoms with Crippen LogP contribution in [0.2, 0.25) is 0 Å². The van der Waals surface area contributed by atoms with E-state index in [0.29, 0.717) is 42.7 Å². The summed E-state index contributed by atoms with van der Waals surface area (Å²) in [6.45, 7) is 2.04. The van der Waals surface area contributed by atoms with Gasteiger partial charge in [0.1, 0.15) is 5.69 Å². The molecule has 0 atom stereocenters. The van der Waals surface area contributed by atoms with Crippen molar-refractivity contribution < 1.29 is 9.32 Å². The molecule has 150 valence electrons. The number of likely N-dealkylation sites (tertiary alicyclic amines) is 1. The van der Waals surface area contributed by atoms with Crippen LogP contribution in [0.1, 0.15) is 43.0 Å². The van der Waals surface area contributed by atoms with Gasteiger partial charge in [-0.3, -0.25) is 9.59 Å². The number of para-hydroxylation sites is 1. The number of aromatic nitrogens is 3. The smallest absolute Gasteiger partial charge is 0.266 e. The molecule has 0 unspecified atom stereocenters. The summed E-state index contributed by atoms with van der Waals surface area (Å²) in [5.74, 6) is 0.981. The van der Waals surface area contributed by atoms with Gasteiger partial charge in [-0.15, -0.1) is 0 Å². The zero-order chi connectivity index (χ0) is 19.8. The summed E-state index contributed by atoms with van der Waals surface area (Å²) in [6.07, 6.45) is 4.37. The Balaban J connectivity index is 1.19. The van der Waals surface area contributed by atoms with Gasteiger partial charge in [-0.2, -0.15) is 5.10 Å². The first-order valence-electron chi connectivity index (χ1n) is 10.4. The topological polar surface area (TPSA) is 81.2 Å². The molecule has 1 aromatic carbocycles. The molecule has 0 N–H and O–H groups in total. The zero-order valence-corrected chi connectivity index (χ0v) is 16.3. The number of carbonyl (C=O) groups excluding carboxylic acids is 1. The molecule has 5 rings (SSSR count). The molecule has 0 bridgehead atoms. The molecule has 29 heavy (non-hydrogen) atoms. The van der Waals surface area contributed by atoms with E-state index in [0.717, 1.165) is 23.9 Å². The van der Waals surface area contributed by atoms with E-state index in [9.17, 15) is 9.59 Å². The van der Waals surface area contributed by atoms with Crippen molar-refractivity contribution in [2.24, 2.45) is 5.92 Å². The molecule has 1 amide bonds. The van der Waals surface area contributed by atoms with Crippen LogP contribution in [0, 0.1) is 5.92 Å². The summed E-state index contributed by atoms with van der Waals surface area (Å²) in [7, 11) is 0. The largest absolute Gasteiger partial charge is 0.356 e. The van der Waals surface area contributed by atoms with E-state index >= 15 is 0 Å². The van der Waals surface area contributed by atoms with E-state index in [1.807, 2.05) is 35.2 Å². The minimum absolute atomic E-state index is 0.0363. The lowest BCUT2D eigenvalue weighted by molar-refractivity contribution is -0.132. The molecule has 1 aliphatic heterocycles. The summed E-state index contributed by atoms with van der Waals surface area (Å²) in [4.78, 5) is 26.8. The Hall–Kier alpha value is -2.96. The van der Waals surface area contributed by atoms with E-state index in [1.54, 1.807) is 10.7 Å². The molecule has 2 fully saturated rings. The Morgan fingerprint density at radius 1 is 1.07 bits per heavy atom. The van der Waals surface area contributed by atoms with Crippen LogP contribution < -0.4 is 5.56 Å². The van der Waals surface area contributed by atoms with Crippen LogP contribution in [0.5, 0.6) is 0 Å². The number of piperidine rings is 1. The van der Waals surface area contributed by atoms with Crippen molar-refractivity contribution in [1.82, 2.24) is 19.8 Å².